The first-order valence-electron chi connectivity index (χ1n) is 5.48. The quantitative estimate of drug-likeness (QED) is 0.580. The molecule has 0 bridgehead atoms. The molecule has 90 valence electrons. The third kappa shape index (κ3) is 2.15. The minimum Gasteiger partial charge on any atom is -0.397 e. The molecular weight excluding hydrogens is 214 g/mol. The summed E-state index contributed by atoms with van der Waals surface area (Å²) < 4.78 is 0. The SMILES string of the molecule is CNCC(N)c1cc(N)nc2c(N)cccc12. The molecule has 7 N–H and O–H groups in total. The molecule has 1 aromatic carbocycles. The number of hydrogen-bond acceptors (Lipinski definition) is 5. The molecule has 1 atom stereocenters. The van der Waals surface area contributed by atoms with Crippen LogP contribution in [0.4, 0.5) is 11.5 Å². The van der Waals surface area contributed by atoms with Crippen LogP contribution in [0.2, 0.25) is 0 Å². The highest BCUT2D eigenvalue weighted by atomic mass is 14.9. The number of hydrogen-bond donors (Lipinski definition) is 4. The maximum atomic E-state index is 6.10. The van der Waals surface area contributed by atoms with Crippen molar-refractivity contribution in [3.63, 3.8) is 0 Å². The predicted molar refractivity (Wildman–Crippen MR) is 71.4 cm³/mol. The summed E-state index contributed by atoms with van der Waals surface area (Å²) in [5, 5.41) is 4.01. The molecule has 0 aliphatic carbocycles. The highest BCUT2D eigenvalue weighted by molar-refractivity contribution is 5.93. The number of benzene rings is 1. The van der Waals surface area contributed by atoms with Crippen molar-refractivity contribution in [1.82, 2.24) is 10.3 Å². The van der Waals surface area contributed by atoms with Gasteiger partial charge in [-0.25, -0.2) is 4.98 Å². The number of anilines is 2. The smallest absolute Gasteiger partial charge is 0.124 e. The van der Waals surface area contributed by atoms with Gasteiger partial charge in [-0.3, -0.25) is 0 Å². The minimum absolute atomic E-state index is 0.130. The van der Waals surface area contributed by atoms with Crippen molar-refractivity contribution in [1.29, 1.82) is 0 Å². The zero-order valence-corrected chi connectivity index (χ0v) is 9.77. The van der Waals surface area contributed by atoms with E-state index in [-0.39, 0.29) is 6.04 Å². The molecule has 0 aliphatic rings. The summed E-state index contributed by atoms with van der Waals surface area (Å²) in [7, 11) is 1.86. The molecule has 0 amide bonds. The fraction of sp³-hybridized carbons (Fsp3) is 0.250. The van der Waals surface area contributed by atoms with E-state index in [4.69, 9.17) is 17.2 Å². The number of pyridine rings is 1. The molecule has 0 fully saturated rings. The van der Waals surface area contributed by atoms with E-state index >= 15 is 0 Å². The van der Waals surface area contributed by atoms with Gasteiger partial charge >= 0.3 is 0 Å². The Balaban J connectivity index is 2.65. The lowest BCUT2D eigenvalue weighted by atomic mass is 10.0. The molecule has 0 saturated heterocycles. The fourth-order valence-electron chi connectivity index (χ4n) is 1.95. The zero-order valence-electron chi connectivity index (χ0n) is 9.77. The standard InChI is InChI=1S/C12H17N5/c1-16-6-10(14)8-5-11(15)17-12-7(8)3-2-4-9(12)13/h2-5,10,16H,6,13-14H2,1H3,(H2,15,17). The number of nitrogens with zero attached hydrogens (tertiary/aromatic N) is 1. The van der Waals surface area contributed by atoms with E-state index in [9.17, 15) is 0 Å². The van der Waals surface area contributed by atoms with Gasteiger partial charge < -0.3 is 22.5 Å². The second-order valence-electron chi connectivity index (χ2n) is 4.04. The maximum Gasteiger partial charge on any atom is 0.124 e. The Morgan fingerprint density at radius 3 is 2.82 bits per heavy atom. The van der Waals surface area contributed by atoms with Gasteiger partial charge in [-0.15, -0.1) is 0 Å². The number of rotatable bonds is 3. The van der Waals surface area contributed by atoms with E-state index < -0.39 is 0 Å². The molecule has 5 nitrogen and oxygen atoms in total. The van der Waals surface area contributed by atoms with Crippen LogP contribution < -0.4 is 22.5 Å². The van der Waals surface area contributed by atoms with Crippen molar-refractivity contribution in [2.45, 2.75) is 6.04 Å². The summed E-state index contributed by atoms with van der Waals surface area (Å²) in [5.41, 5.74) is 20.1. The summed E-state index contributed by atoms with van der Waals surface area (Å²) in [5.74, 6) is 0.442. The van der Waals surface area contributed by atoms with E-state index in [0.717, 1.165) is 10.9 Å². The van der Waals surface area contributed by atoms with Crippen molar-refractivity contribution in [2.24, 2.45) is 5.73 Å². The van der Waals surface area contributed by atoms with Gasteiger partial charge in [0.25, 0.3) is 0 Å². The maximum absolute atomic E-state index is 6.10. The van der Waals surface area contributed by atoms with Crippen LogP contribution in [-0.4, -0.2) is 18.6 Å². The lowest BCUT2D eigenvalue weighted by Gasteiger charge is -2.15. The number of likely N-dealkylation sites (N-methyl/N-ethyl adjacent to an activating group) is 1. The molecule has 0 radical (unpaired) electrons. The van der Waals surface area contributed by atoms with Crippen LogP contribution in [0, 0.1) is 0 Å². The molecule has 5 heteroatoms. The molecule has 0 saturated carbocycles. The van der Waals surface area contributed by atoms with Crippen LogP contribution in [0.5, 0.6) is 0 Å². The molecule has 17 heavy (non-hydrogen) atoms. The number of nitrogens with one attached hydrogen (secondary N) is 1. The van der Waals surface area contributed by atoms with Crippen LogP contribution in [0.1, 0.15) is 11.6 Å². The summed E-state index contributed by atoms with van der Waals surface area (Å²) >= 11 is 0. The number of aromatic nitrogens is 1. The van der Waals surface area contributed by atoms with Crippen LogP contribution in [0.15, 0.2) is 24.3 Å². The van der Waals surface area contributed by atoms with Gasteiger partial charge in [-0.2, -0.15) is 0 Å². The van der Waals surface area contributed by atoms with E-state index in [1.165, 1.54) is 0 Å². The summed E-state index contributed by atoms with van der Waals surface area (Å²) in [6, 6.07) is 7.34. The Labute approximate surface area is 100.0 Å². The first-order chi connectivity index (χ1) is 8.13. The second kappa shape index (κ2) is 4.57. The summed E-state index contributed by atoms with van der Waals surface area (Å²) in [6.07, 6.45) is 0. The van der Waals surface area contributed by atoms with Crippen molar-refractivity contribution in [3.05, 3.63) is 29.8 Å². The van der Waals surface area contributed by atoms with Gasteiger partial charge in [0.1, 0.15) is 5.82 Å². The van der Waals surface area contributed by atoms with Crippen molar-refractivity contribution in [3.8, 4) is 0 Å². The van der Waals surface area contributed by atoms with Gasteiger partial charge in [-0.1, -0.05) is 12.1 Å². The normalized spacial score (nSPS) is 12.8. The summed E-state index contributed by atoms with van der Waals surface area (Å²) in [6.45, 7) is 0.674. The van der Waals surface area contributed by atoms with Crippen molar-refractivity contribution < 1.29 is 0 Å². The van der Waals surface area contributed by atoms with E-state index in [0.29, 0.717) is 23.6 Å². The molecule has 0 aliphatic heterocycles. The monoisotopic (exact) mass is 231 g/mol. The van der Waals surface area contributed by atoms with Crippen molar-refractivity contribution >= 4 is 22.4 Å². The second-order valence-corrected chi connectivity index (χ2v) is 4.04. The number of nitrogens with two attached hydrogens (primary N) is 3. The predicted octanol–water partition coefficient (Wildman–Crippen LogP) is 0.618. The molecule has 1 unspecified atom stereocenters. The van der Waals surface area contributed by atoms with E-state index in [2.05, 4.69) is 10.3 Å². The Kier molecular flexibility index (Phi) is 3.12. The highest BCUT2D eigenvalue weighted by Gasteiger charge is 2.12. The molecule has 1 aromatic heterocycles. The lowest BCUT2D eigenvalue weighted by molar-refractivity contribution is 0.657. The Hall–Kier alpha value is -1.85. The van der Waals surface area contributed by atoms with Gasteiger partial charge in [0.05, 0.1) is 11.2 Å². The third-order valence-corrected chi connectivity index (χ3v) is 2.75. The van der Waals surface area contributed by atoms with Crippen LogP contribution in [-0.2, 0) is 0 Å². The third-order valence-electron chi connectivity index (χ3n) is 2.75. The number of para-hydroxylation sites is 1. The van der Waals surface area contributed by atoms with Gasteiger partial charge in [0, 0.05) is 18.0 Å². The number of fused-ring (bicyclic) bond motifs is 1. The average Bonchev–Trinajstić information content (AvgIpc) is 2.30. The molecule has 0 spiro atoms. The van der Waals surface area contributed by atoms with E-state index in [1.807, 2.05) is 31.3 Å². The van der Waals surface area contributed by atoms with Crippen LogP contribution in [0.3, 0.4) is 0 Å². The topological polar surface area (TPSA) is 103 Å². The van der Waals surface area contributed by atoms with Crippen LogP contribution >= 0.6 is 0 Å². The van der Waals surface area contributed by atoms with Gasteiger partial charge in [0.15, 0.2) is 0 Å². The Morgan fingerprint density at radius 1 is 1.35 bits per heavy atom. The van der Waals surface area contributed by atoms with E-state index in [1.54, 1.807) is 0 Å². The first kappa shape index (κ1) is 11.6. The number of nitrogen functional groups attached to an aromatic ring is 2. The van der Waals surface area contributed by atoms with Crippen LogP contribution in [0.25, 0.3) is 10.9 Å². The fourth-order valence-corrected chi connectivity index (χ4v) is 1.95. The average molecular weight is 231 g/mol. The minimum atomic E-state index is -0.130. The molecular formula is C12H17N5. The Bertz CT molecular complexity index is 538. The van der Waals surface area contributed by atoms with Crippen molar-refractivity contribution in [2.75, 3.05) is 25.1 Å². The lowest BCUT2D eigenvalue weighted by Crippen LogP contribution is -2.24. The Morgan fingerprint density at radius 2 is 2.12 bits per heavy atom. The molecule has 2 rings (SSSR count). The van der Waals surface area contributed by atoms with Gasteiger partial charge in [-0.05, 0) is 24.7 Å². The summed E-state index contributed by atoms with van der Waals surface area (Å²) in [4.78, 5) is 4.26. The first-order valence-corrected chi connectivity index (χ1v) is 5.48. The zero-order chi connectivity index (χ0) is 12.4. The highest BCUT2D eigenvalue weighted by Crippen LogP contribution is 2.27. The molecule has 1 heterocycles. The van der Waals surface area contributed by atoms with Gasteiger partial charge in [0.2, 0.25) is 0 Å². The largest absolute Gasteiger partial charge is 0.397 e. The molecule has 2 aromatic rings.